The van der Waals surface area contributed by atoms with Crippen molar-refractivity contribution in [1.82, 2.24) is 15.0 Å². The van der Waals surface area contributed by atoms with E-state index >= 15 is 0 Å². The van der Waals surface area contributed by atoms with Crippen molar-refractivity contribution >= 4 is 115 Å². The Morgan fingerprint density at radius 1 is 0.722 bits per heavy atom. The zero-order valence-corrected chi connectivity index (χ0v) is 49.0. The molecule has 1 heterocycles. The molecule has 0 fully saturated rings. The van der Waals surface area contributed by atoms with Crippen molar-refractivity contribution in [2.75, 3.05) is 39.5 Å². The molecule has 0 aliphatic carbocycles. The molecule has 5 N–H and O–H groups in total. The van der Waals surface area contributed by atoms with E-state index in [2.05, 4.69) is 60.0 Å². The number of sulfone groups is 1. The second kappa shape index (κ2) is 29.1. The van der Waals surface area contributed by atoms with Gasteiger partial charge in [-0.2, -0.15) is 23.7 Å². The van der Waals surface area contributed by atoms with Gasteiger partial charge in [0.1, 0.15) is 37.4 Å². The zero-order chi connectivity index (χ0) is 48.7. The Morgan fingerprint density at radius 2 is 1.32 bits per heavy atom. The fraction of sp³-hybridized carbons (Fsp3) is 0.111. The van der Waals surface area contributed by atoms with Gasteiger partial charge in [-0.05, 0) is 90.3 Å². The molecule has 1 aromatic heterocycles. The average molecular weight is 1130 g/mol. The van der Waals surface area contributed by atoms with E-state index in [4.69, 9.17) is 0 Å². The van der Waals surface area contributed by atoms with Gasteiger partial charge < -0.3 is 45.3 Å². The number of anilines is 6. The van der Waals surface area contributed by atoms with Gasteiger partial charge in [-0.15, -0.1) is 10.2 Å². The van der Waals surface area contributed by atoms with Crippen LogP contribution in [-0.4, -0.2) is 91.5 Å². The number of hydrogen-bond donors (Lipinski definition) is 5. The van der Waals surface area contributed by atoms with Gasteiger partial charge in [-0.25, -0.2) is 33.7 Å². The summed E-state index contributed by atoms with van der Waals surface area (Å²) in [4.78, 5) is 22.2. The molecule has 0 spiro atoms. The number of halogens is 1. The van der Waals surface area contributed by atoms with E-state index in [9.17, 15) is 66.9 Å². The Bertz CT molecular complexity index is 3360. The number of nitrogens with one attached hydrogen (secondary N) is 4. The summed E-state index contributed by atoms with van der Waals surface area (Å²) in [6.45, 7) is -0.886. The van der Waals surface area contributed by atoms with E-state index in [0.717, 1.165) is 36.4 Å². The van der Waals surface area contributed by atoms with Gasteiger partial charge in [0.2, 0.25) is 22.3 Å². The SMILES string of the molecule is C.O=C(Nc1ccc(S(=O)(=O)CCOS(=O)(=O)[O-])cc1)c1ccc(Nc2nc(F)nc(Nc3ccc(S(=O)(=O)[O-])c(N=Nc4c(NCSOO[O-])ccc5cc(S(=O)(=O)[O-])cc(O)c45)c3)n2)cc1.[Na+].[Na+].[Na+].[Na+]. The van der Waals surface area contributed by atoms with Crippen molar-refractivity contribution in [1.29, 1.82) is 0 Å². The van der Waals surface area contributed by atoms with Crippen molar-refractivity contribution in [2.24, 2.45) is 10.2 Å². The average Bonchev–Trinajstić information content (AvgIpc) is 3.23. The molecule has 36 heteroatoms. The van der Waals surface area contributed by atoms with Crippen molar-refractivity contribution in [3.05, 3.63) is 103 Å². The van der Waals surface area contributed by atoms with E-state index in [1.165, 1.54) is 48.5 Å². The normalized spacial score (nSPS) is 11.5. The van der Waals surface area contributed by atoms with Gasteiger partial charge in [0.15, 0.2) is 9.84 Å². The fourth-order valence-corrected chi connectivity index (χ4v) is 8.57. The molecule has 0 aliphatic heterocycles. The van der Waals surface area contributed by atoms with Gasteiger partial charge in [-0.3, -0.25) is 14.0 Å². The standard InChI is InChI=1S/C35H30FN9O17S5.CH4.4Na/c36-33-41-34(39-22-4-1-19(2-5-22)32(47)38-21-6-9-24(10-7-21)64(49,50)14-13-60-67(57,58)59)43-35(42-33)40-23-8-12-29(66(54,55)56)27(16-23)44-45-31-26(37-18-63-62-61-48)11-3-20-15-25(65(51,52)53)17-28(46)30(20)31;;;;;/h1-12,15-17,37,46,48H,13-14,18H2,(H,38,47)(H,51,52,53)(H,54,55,56)(H,57,58,59)(H2,39,40,41,42,43);1H4;;;;/q;;4*+1/p-4. The van der Waals surface area contributed by atoms with Crippen LogP contribution in [-0.2, 0) is 54.0 Å². The number of aromatic hydroxyl groups is 1. The van der Waals surface area contributed by atoms with Crippen LogP contribution in [0.25, 0.3) is 10.8 Å². The van der Waals surface area contributed by atoms with Crippen LogP contribution >= 0.6 is 12.0 Å². The number of phenolic OH excluding ortho intramolecular Hbond substituents is 1. The number of nitrogens with zero attached hydrogens (tertiary/aromatic N) is 5. The largest absolute Gasteiger partial charge is 1.00 e. The summed E-state index contributed by atoms with van der Waals surface area (Å²) in [7, 11) is -19.4. The van der Waals surface area contributed by atoms with Crippen molar-refractivity contribution in [2.45, 2.75) is 22.1 Å². The van der Waals surface area contributed by atoms with Crippen LogP contribution in [0.3, 0.4) is 0 Å². The molecular formula is C36H30FN9Na4O17S5. The number of azo groups is 1. The smallest absolute Gasteiger partial charge is 0.744 e. The number of carbonyl (C=O) groups is 1. The number of carbonyl (C=O) groups excluding carboxylic acids is 1. The van der Waals surface area contributed by atoms with Crippen LogP contribution in [0, 0.1) is 6.08 Å². The van der Waals surface area contributed by atoms with Gasteiger partial charge in [0.05, 0.1) is 56.0 Å². The molecule has 0 unspecified atom stereocenters. The monoisotopic (exact) mass is 1130 g/mol. The van der Waals surface area contributed by atoms with Crippen LogP contribution in [0.15, 0.2) is 116 Å². The molecule has 72 heavy (non-hydrogen) atoms. The first-order valence-corrected chi connectivity index (χ1v) is 24.6. The second-order valence-corrected chi connectivity index (χ2v) is 19.5. The van der Waals surface area contributed by atoms with Crippen LogP contribution in [0.2, 0.25) is 0 Å². The summed E-state index contributed by atoms with van der Waals surface area (Å²) < 4.78 is 151. The molecule has 0 bridgehead atoms. The number of amides is 1. The van der Waals surface area contributed by atoms with E-state index in [0.29, 0.717) is 18.1 Å². The molecule has 0 radical (unpaired) electrons. The Kier molecular flexibility index (Phi) is 27.3. The topological polar surface area (TPSA) is 405 Å². The number of aromatic nitrogens is 3. The van der Waals surface area contributed by atoms with E-state index in [-0.39, 0.29) is 187 Å². The third-order valence-corrected chi connectivity index (χ3v) is 12.8. The third-order valence-electron chi connectivity index (χ3n) is 8.53. The maximum absolute atomic E-state index is 14.7. The van der Waals surface area contributed by atoms with Gasteiger partial charge in [0.25, 0.3) is 5.91 Å². The zero-order valence-electron chi connectivity index (χ0n) is 36.9. The molecule has 0 saturated heterocycles. The van der Waals surface area contributed by atoms with Crippen molar-refractivity contribution in [3.8, 4) is 5.75 Å². The quantitative estimate of drug-likeness (QED) is 0.00545. The Balaban J connectivity index is 0.00000518. The first-order chi connectivity index (χ1) is 31.5. The number of benzene rings is 5. The van der Waals surface area contributed by atoms with Crippen LogP contribution < -0.4 is 145 Å². The molecule has 1 amide bonds. The molecule has 0 aliphatic rings. The van der Waals surface area contributed by atoms with Gasteiger partial charge in [0, 0.05) is 22.6 Å². The molecule has 6 aromatic rings. The summed E-state index contributed by atoms with van der Waals surface area (Å²) in [5.41, 5.74) is -0.401. The Labute approximate surface area is 502 Å². The maximum Gasteiger partial charge on any atom is 1.00 e. The van der Waals surface area contributed by atoms with Crippen molar-refractivity contribution in [3.63, 3.8) is 0 Å². The minimum Gasteiger partial charge on any atom is -0.744 e. The van der Waals surface area contributed by atoms with E-state index in [1.54, 1.807) is 0 Å². The molecule has 26 nitrogen and oxygen atoms in total. The number of fused-ring (bicyclic) bond motifs is 1. The predicted molar refractivity (Wildman–Crippen MR) is 232 cm³/mol. The minimum absolute atomic E-state index is 0. The van der Waals surface area contributed by atoms with Gasteiger partial charge >= 0.3 is 124 Å². The molecule has 0 atom stereocenters. The molecule has 6 rings (SSSR count). The fourth-order valence-electron chi connectivity index (χ4n) is 5.67. The number of rotatable bonds is 20. The van der Waals surface area contributed by atoms with E-state index in [1.807, 2.05) is 0 Å². The van der Waals surface area contributed by atoms with Crippen LogP contribution in [0.5, 0.6) is 5.75 Å². The Hall–Kier alpha value is -2.56. The second-order valence-electron chi connectivity index (χ2n) is 13.0. The summed E-state index contributed by atoms with van der Waals surface area (Å²) >= 11 is 0.478. The van der Waals surface area contributed by atoms with E-state index < -0.39 is 92.0 Å². The number of phenols is 1. The van der Waals surface area contributed by atoms with Crippen LogP contribution in [0.1, 0.15) is 17.8 Å². The molecule has 0 saturated carbocycles. The summed E-state index contributed by atoms with van der Waals surface area (Å²) in [5.74, 6) is -3.21. The predicted octanol–water partition coefficient (Wildman–Crippen LogP) is -8.02. The third kappa shape index (κ3) is 19.2. The van der Waals surface area contributed by atoms with Gasteiger partial charge in [-0.1, -0.05) is 13.5 Å². The summed E-state index contributed by atoms with van der Waals surface area (Å²) in [6.07, 6.45) is -1.30. The summed E-state index contributed by atoms with van der Waals surface area (Å²) in [6, 6.07) is 17.4. The molecule has 362 valence electrons. The first kappa shape index (κ1) is 67.5. The number of hydrogen-bond acceptors (Lipinski definition) is 26. The minimum atomic E-state index is -5.26. The molecule has 5 aromatic carbocycles. The van der Waals surface area contributed by atoms with Crippen molar-refractivity contribution < 1.29 is 199 Å². The maximum atomic E-state index is 14.7. The summed E-state index contributed by atoms with van der Waals surface area (Å²) in [5, 5.41) is 42.7. The molecular weight excluding hydrogens is 1100 g/mol. The first-order valence-electron chi connectivity index (χ1n) is 17.9. The van der Waals surface area contributed by atoms with Crippen LogP contribution in [0.4, 0.5) is 50.4 Å². The Morgan fingerprint density at radius 3 is 1.90 bits per heavy atom.